The second kappa shape index (κ2) is 6.51. The number of Topliss-reactive ketones (excluding diaryl/α,β-unsaturated/α-hetero) is 1. The molecule has 0 aromatic heterocycles. The molecular weight excluding hydrogens is 278 g/mol. The summed E-state index contributed by atoms with van der Waals surface area (Å²) in [6.45, 7) is 7.14. The number of rotatable bonds is 3. The highest BCUT2D eigenvalue weighted by Crippen LogP contribution is 2.26. The molecule has 0 aliphatic carbocycles. The molecule has 1 aromatic carbocycles. The van der Waals surface area contributed by atoms with Gasteiger partial charge in [0.15, 0.2) is 5.78 Å². The monoisotopic (exact) mass is 303 g/mol. The molecule has 0 spiro atoms. The van der Waals surface area contributed by atoms with Gasteiger partial charge in [-0.15, -0.1) is 0 Å². The molecule has 4 nitrogen and oxygen atoms in total. The van der Waals surface area contributed by atoms with E-state index in [1.165, 1.54) is 0 Å². The Morgan fingerprint density at radius 2 is 1.64 bits per heavy atom. The first kappa shape index (κ1) is 16.5. The third-order valence-corrected chi connectivity index (χ3v) is 4.17. The van der Waals surface area contributed by atoms with E-state index in [4.69, 9.17) is 4.74 Å². The second-order valence-electron chi connectivity index (χ2n) is 6.91. The zero-order valence-electron chi connectivity index (χ0n) is 13.9. The van der Waals surface area contributed by atoms with Crippen molar-refractivity contribution < 1.29 is 14.3 Å². The zero-order valence-corrected chi connectivity index (χ0v) is 13.9. The first-order chi connectivity index (χ1) is 10.3. The van der Waals surface area contributed by atoms with Gasteiger partial charge in [-0.3, -0.25) is 9.59 Å². The van der Waals surface area contributed by atoms with Crippen molar-refractivity contribution in [3.63, 3.8) is 0 Å². The molecule has 1 fully saturated rings. The second-order valence-corrected chi connectivity index (χ2v) is 6.91. The lowest BCUT2D eigenvalue weighted by Gasteiger charge is -2.35. The lowest BCUT2D eigenvalue weighted by Crippen LogP contribution is -2.45. The zero-order chi connectivity index (χ0) is 16.3. The van der Waals surface area contributed by atoms with Crippen molar-refractivity contribution in [1.82, 2.24) is 4.90 Å². The third-order valence-electron chi connectivity index (χ3n) is 4.17. The van der Waals surface area contributed by atoms with Gasteiger partial charge in [-0.2, -0.15) is 0 Å². The van der Waals surface area contributed by atoms with Crippen molar-refractivity contribution >= 4 is 11.7 Å². The van der Waals surface area contributed by atoms with Crippen LogP contribution in [0.25, 0.3) is 0 Å². The van der Waals surface area contributed by atoms with Crippen LogP contribution in [0.1, 0.15) is 44.0 Å². The normalized spacial score (nSPS) is 16.5. The summed E-state index contributed by atoms with van der Waals surface area (Å²) < 4.78 is 5.11. The van der Waals surface area contributed by atoms with E-state index in [-0.39, 0.29) is 23.0 Å². The van der Waals surface area contributed by atoms with E-state index < -0.39 is 0 Å². The molecule has 0 radical (unpaired) electrons. The minimum atomic E-state index is -0.354. The van der Waals surface area contributed by atoms with E-state index in [0.717, 1.165) is 24.2 Å². The summed E-state index contributed by atoms with van der Waals surface area (Å²) in [6, 6.07) is 7.25. The van der Waals surface area contributed by atoms with Crippen molar-refractivity contribution in [2.75, 3.05) is 20.2 Å². The molecule has 2 rings (SSSR count). The van der Waals surface area contributed by atoms with Gasteiger partial charge in [0.2, 0.25) is 5.91 Å². The van der Waals surface area contributed by atoms with Crippen LogP contribution in [0, 0.1) is 11.3 Å². The van der Waals surface area contributed by atoms with Gasteiger partial charge in [0, 0.05) is 30.0 Å². The van der Waals surface area contributed by atoms with Gasteiger partial charge in [-0.1, -0.05) is 20.8 Å². The first-order valence-corrected chi connectivity index (χ1v) is 7.80. The van der Waals surface area contributed by atoms with E-state index in [9.17, 15) is 9.59 Å². The molecule has 0 saturated carbocycles. The minimum Gasteiger partial charge on any atom is -0.497 e. The third kappa shape index (κ3) is 3.67. The Morgan fingerprint density at radius 3 is 2.09 bits per heavy atom. The van der Waals surface area contributed by atoms with Gasteiger partial charge in [-0.25, -0.2) is 0 Å². The number of likely N-dealkylation sites (tertiary alicyclic amines) is 1. The molecule has 1 aromatic rings. The maximum Gasteiger partial charge on any atom is 0.227 e. The van der Waals surface area contributed by atoms with Crippen molar-refractivity contribution in [3.8, 4) is 5.75 Å². The SMILES string of the molecule is COc1ccc(C(=O)C2CCN(C(=O)C(C)(C)C)CC2)cc1. The Morgan fingerprint density at radius 1 is 1.09 bits per heavy atom. The molecular formula is C18H25NO3. The van der Waals surface area contributed by atoms with Crippen LogP contribution < -0.4 is 4.74 Å². The average Bonchev–Trinajstić information content (AvgIpc) is 2.53. The van der Waals surface area contributed by atoms with Crippen LogP contribution in [0.2, 0.25) is 0 Å². The highest BCUT2D eigenvalue weighted by molar-refractivity contribution is 5.98. The highest BCUT2D eigenvalue weighted by atomic mass is 16.5. The Hall–Kier alpha value is -1.84. The van der Waals surface area contributed by atoms with Gasteiger partial charge in [0.05, 0.1) is 7.11 Å². The highest BCUT2D eigenvalue weighted by Gasteiger charge is 2.32. The summed E-state index contributed by atoms with van der Waals surface area (Å²) in [5.74, 6) is 1.10. The number of ether oxygens (including phenoxy) is 1. The number of methoxy groups -OCH3 is 1. The van der Waals surface area contributed by atoms with Crippen molar-refractivity contribution in [2.45, 2.75) is 33.6 Å². The molecule has 0 unspecified atom stereocenters. The molecule has 1 saturated heterocycles. The van der Waals surface area contributed by atoms with Gasteiger partial charge in [-0.05, 0) is 37.1 Å². The number of piperidine rings is 1. The Bertz CT molecular complexity index is 534. The van der Waals surface area contributed by atoms with Crippen LogP contribution in [-0.2, 0) is 4.79 Å². The molecule has 0 N–H and O–H groups in total. The number of nitrogens with zero attached hydrogens (tertiary/aromatic N) is 1. The van der Waals surface area contributed by atoms with Crippen molar-refractivity contribution in [1.29, 1.82) is 0 Å². The summed E-state index contributed by atoms with van der Waals surface area (Å²) in [5, 5.41) is 0. The summed E-state index contributed by atoms with van der Waals surface area (Å²) in [6.07, 6.45) is 1.49. The maximum absolute atomic E-state index is 12.5. The summed E-state index contributed by atoms with van der Waals surface area (Å²) in [4.78, 5) is 26.7. The van der Waals surface area contributed by atoms with Crippen LogP contribution in [0.3, 0.4) is 0 Å². The number of ketones is 1. The minimum absolute atomic E-state index is 0.0115. The number of benzene rings is 1. The fraction of sp³-hybridized carbons (Fsp3) is 0.556. The summed E-state index contributed by atoms with van der Waals surface area (Å²) in [7, 11) is 1.61. The van der Waals surface area contributed by atoms with Crippen LogP contribution in [-0.4, -0.2) is 36.8 Å². The molecule has 0 atom stereocenters. The molecule has 22 heavy (non-hydrogen) atoms. The fourth-order valence-electron chi connectivity index (χ4n) is 2.81. The van der Waals surface area contributed by atoms with E-state index in [1.54, 1.807) is 7.11 Å². The number of amides is 1. The largest absolute Gasteiger partial charge is 0.497 e. The van der Waals surface area contributed by atoms with E-state index in [1.807, 2.05) is 49.9 Å². The molecule has 120 valence electrons. The molecule has 1 aliphatic heterocycles. The van der Waals surface area contributed by atoms with Crippen LogP contribution in [0.15, 0.2) is 24.3 Å². The quantitative estimate of drug-likeness (QED) is 0.806. The Labute approximate surface area is 132 Å². The fourth-order valence-corrected chi connectivity index (χ4v) is 2.81. The van der Waals surface area contributed by atoms with E-state index in [0.29, 0.717) is 13.1 Å². The average molecular weight is 303 g/mol. The number of hydrogen-bond donors (Lipinski definition) is 0. The Kier molecular flexibility index (Phi) is 4.89. The summed E-state index contributed by atoms with van der Waals surface area (Å²) in [5.41, 5.74) is 0.369. The lowest BCUT2D eigenvalue weighted by molar-refractivity contribution is -0.140. The molecule has 1 heterocycles. The van der Waals surface area contributed by atoms with E-state index in [2.05, 4.69) is 0 Å². The van der Waals surface area contributed by atoms with Crippen LogP contribution >= 0.6 is 0 Å². The maximum atomic E-state index is 12.5. The number of carbonyl (C=O) groups is 2. The van der Waals surface area contributed by atoms with Crippen molar-refractivity contribution in [2.24, 2.45) is 11.3 Å². The predicted octanol–water partition coefficient (Wildman–Crippen LogP) is 3.16. The van der Waals surface area contributed by atoms with Gasteiger partial charge in [0.25, 0.3) is 0 Å². The van der Waals surface area contributed by atoms with Crippen LogP contribution in [0.4, 0.5) is 0 Å². The summed E-state index contributed by atoms with van der Waals surface area (Å²) >= 11 is 0. The predicted molar refractivity (Wildman–Crippen MR) is 86.1 cm³/mol. The number of hydrogen-bond acceptors (Lipinski definition) is 3. The Balaban J connectivity index is 1.96. The number of carbonyl (C=O) groups excluding carboxylic acids is 2. The van der Waals surface area contributed by atoms with Gasteiger partial charge >= 0.3 is 0 Å². The molecule has 4 heteroatoms. The van der Waals surface area contributed by atoms with Gasteiger partial charge in [0.1, 0.15) is 5.75 Å². The van der Waals surface area contributed by atoms with Crippen molar-refractivity contribution in [3.05, 3.63) is 29.8 Å². The van der Waals surface area contributed by atoms with Gasteiger partial charge < -0.3 is 9.64 Å². The molecule has 0 bridgehead atoms. The topological polar surface area (TPSA) is 46.6 Å². The molecule has 1 aliphatic rings. The standard InChI is InChI=1S/C18H25NO3/c1-18(2,3)17(21)19-11-9-14(10-12-19)16(20)13-5-7-15(22-4)8-6-13/h5-8,14H,9-12H2,1-4H3. The first-order valence-electron chi connectivity index (χ1n) is 7.80. The molecule has 1 amide bonds. The van der Waals surface area contributed by atoms with E-state index >= 15 is 0 Å². The lowest BCUT2D eigenvalue weighted by atomic mass is 9.87. The smallest absolute Gasteiger partial charge is 0.227 e. The van der Waals surface area contributed by atoms with Crippen LogP contribution in [0.5, 0.6) is 5.75 Å².